The monoisotopic (exact) mass is 265 g/mol. The van der Waals surface area contributed by atoms with Crippen molar-refractivity contribution >= 4 is 17.8 Å². The third kappa shape index (κ3) is 4.09. The van der Waals surface area contributed by atoms with Crippen LogP contribution in [0.1, 0.15) is 40.5 Å². The van der Waals surface area contributed by atoms with Crippen molar-refractivity contribution in [1.29, 1.82) is 0 Å². The molecule has 1 unspecified atom stereocenters. The lowest BCUT2D eigenvalue weighted by atomic mass is 10.1. The van der Waals surface area contributed by atoms with Gasteiger partial charge in [-0.15, -0.1) is 0 Å². The van der Waals surface area contributed by atoms with Gasteiger partial charge in [0, 0.05) is 5.56 Å². The molecule has 1 rings (SSSR count). The van der Waals surface area contributed by atoms with Crippen LogP contribution in [0.4, 0.5) is 0 Å². The fraction of sp³-hybridized carbons (Fsp3) is 0.308. The normalized spacial score (nSPS) is 11.6. The largest absolute Gasteiger partial charge is 0.480 e. The molecule has 0 heterocycles. The molecule has 3 N–H and O–H groups in total. The molecule has 1 atom stereocenters. The van der Waals surface area contributed by atoms with E-state index in [2.05, 4.69) is 5.32 Å². The summed E-state index contributed by atoms with van der Waals surface area (Å²) in [6.45, 7) is 1.81. The molecule has 1 aromatic carbocycles. The van der Waals surface area contributed by atoms with Gasteiger partial charge >= 0.3 is 11.9 Å². The van der Waals surface area contributed by atoms with Crippen molar-refractivity contribution in [2.24, 2.45) is 0 Å². The molecule has 0 radical (unpaired) electrons. The molecule has 6 heteroatoms. The van der Waals surface area contributed by atoms with E-state index in [1.54, 1.807) is 0 Å². The predicted octanol–water partition coefficient (Wildman–Crippen LogP) is 1.37. The van der Waals surface area contributed by atoms with Crippen molar-refractivity contribution in [2.45, 2.75) is 25.8 Å². The first kappa shape index (κ1) is 14.7. The van der Waals surface area contributed by atoms with Crippen LogP contribution in [0.2, 0.25) is 0 Å². The molecule has 19 heavy (non-hydrogen) atoms. The number of hydrogen-bond acceptors (Lipinski definition) is 3. The molecule has 0 bridgehead atoms. The smallest absolute Gasteiger partial charge is 0.335 e. The van der Waals surface area contributed by atoms with Crippen molar-refractivity contribution in [3.8, 4) is 0 Å². The lowest BCUT2D eigenvalue weighted by Gasteiger charge is -2.13. The second kappa shape index (κ2) is 6.53. The number of hydrogen-bond donors (Lipinski definition) is 3. The molecule has 1 amide bonds. The topological polar surface area (TPSA) is 104 Å². The number of aromatic carboxylic acids is 1. The summed E-state index contributed by atoms with van der Waals surface area (Å²) in [6.07, 6.45) is 0.937. The Morgan fingerprint density at radius 3 is 2.37 bits per heavy atom. The summed E-state index contributed by atoms with van der Waals surface area (Å²) in [6, 6.07) is 4.48. The van der Waals surface area contributed by atoms with Crippen LogP contribution in [0.25, 0.3) is 0 Å². The second-order valence-electron chi connectivity index (χ2n) is 4.04. The Balaban J connectivity index is 2.85. The van der Waals surface area contributed by atoms with Crippen LogP contribution in [0.5, 0.6) is 0 Å². The van der Waals surface area contributed by atoms with Gasteiger partial charge in [-0.2, -0.15) is 0 Å². The van der Waals surface area contributed by atoms with Gasteiger partial charge in [0.15, 0.2) is 0 Å². The number of rotatable bonds is 6. The predicted molar refractivity (Wildman–Crippen MR) is 67.2 cm³/mol. The Morgan fingerprint density at radius 1 is 1.21 bits per heavy atom. The van der Waals surface area contributed by atoms with Gasteiger partial charge in [-0.25, -0.2) is 9.59 Å². The maximum absolute atomic E-state index is 11.8. The zero-order chi connectivity index (χ0) is 14.4. The molecule has 0 fully saturated rings. The molecular formula is C13H15NO5. The molecule has 1 aromatic rings. The SMILES string of the molecule is CCCC(NC(=O)c1cccc(C(=O)O)c1)C(=O)O. The summed E-state index contributed by atoms with van der Waals surface area (Å²) in [7, 11) is 0. The van der Waals surface area contributed by atoms with E-state index in [1.807, 2.05) is 6.92 Å². The van der Waals surface area contributed by atoms with Crippen molar-refractivity contribution in [3.05, 3.63) is 35.4 Å². The van der Waals surface area contributed by atoms with Gasteiger partial charge in [-0.3, -0.25) is 4.79 Å². The molecule has 0 aliphatic heterocycles. The van der Waals surface area contributed by atoms with Crippen molar-refractivity contribution < 1.29 is 24.6 Å². The van der Waals surface area contributed by atoms with Crippen LogP contribution in [0, 0.1) is 0 Å². The van der Waals surface area contributed by atoms with Gasteiger partial charge in [-0.05, 0) is 24.6 Å². The third-order valence-electron chi connectivity index (χ3n) is 2.55. The van der Waals surface area contributed by atoms with Crippen LogP contribution >= 0.6 is 0 Å². The number of aliphatic carboxylic acids is 1. The molecule has 0 aliphatic rings. The molecule has 0 spiro atoms. The first-order valence-electron chi connectivity index (χ1n) is 5.82. The summed E-state index contributed by atoms with van der Waals surface area (Å²) in [5, 5.41) is 20.1. The standard InChI is InChI=1S/C13H15NO5/c1-2-4-10(13(18)19)14-11(15)8-5-3-6-9(7-8)12(16)17/h3,5-7,10H,2,4H2,1H3,(H,14,15)(H,16,17)(H,18,19). The van der Waals surface area contributed by atoms with E-state index in [9.17, 15) is 14.4 Å². The maximum atomic E-state index is 11.8. The van der Waals surface area contributed by atoms with Crippen LogP contribution in [-0.2, 0) is 4.79 Å². The number of carboxylic acid groups (broad SMARTS) is 2. The maximum Gasteiger partial charge on any atom is 0.335 e. The van der Waals surface area contributed by atoms with Crippen LogP contribution in [0.15, 0.2) is 24.3 Å². The Morgan fingerprint density at radius 2 is 1.84 bits per heavy atom. The molecule has 102 valence electrons. The summed E-state index contributed by atoms with van der Waals surface area (Å²) in [4.78, 5) is 33.5. The molecule has 0 saturated carbocycles. The van der Waals surface area contributed by atoms with E-state index < -0.39 is 23.9 Å². The Labute approximate surface area is 110 Å². The summed E-state index contributed by atoms with van der Waals surface area (Å²) >= 11 is 0. The number of carboxylic acids is 2. The van der Waals surface area contributed by atoms with Crippen LogP contribution in [0.3, 0.4) is 0 Å². The molecule has 0 aromatic heterocycles. The van der Waals surface area contributed by atoms with Gasteiger partial charge in [-0.1, -0.05) is 19.4 Å². The first-order chi connectivity index (χ1) is 8.95. The van der Waals surface area contributed by atoms with Gasteiger partial charge in [0.05, 0.1) is 5.56 Å². The highest BCUT2D eigenvalue weighted by atomic mass is 16.4. The fourth-order valence-electron chi connectivity index (χ4n) is 1.58. The van der Waals surface area contributed by atoms with Crippen LogP contribution < -0.4 is 5.32 Å². The van der Waals surface area contributed by atoms with E-state index in [0.29, 0.717) is 12.8 Å². The summed E-state index contributed by atoms with van der Waals surface area (Å²) in [5.74, 6) is -2.84. The fourth-order valence-corrected chi connectivity index (χ4v) is 1.58. The Hall–Kier alpha value is -2.37. The highest BCUT2D eigenvalue weighted by Crippen LogP contribution is 2.07. The minimum absolute atomic E-state index is 0.0185. The summed E-state index contributed by atoms with van der Waals surface area (Å²) < 4.78 is 0. The number of amides is 1. The zero-order valence-corrected chi connectivity index (χ0v) is 10.4. The number of benzene rings is 1. The molecule has 0 saturated heterocycles. The third-order valence-corrected chi connectivity index (χ3v) is 2.55. The molecule has 6 nitrogen and oxygen atoms in total. The zero-order valence-electron chi connectivity index (χ0n) is 10.4. The van der Waals surface area contributed by atoms with Gasteiger partial charge in [0.2, 0.25) is 0 Å². The van der Waals surface area contributed by atoms with Gasteiger partial charge in [0.1, 0.15) is 6.04 Å². The first-order valence-corrected chi connectivity index (χ1v) is 5.82. The number of nitrogens with one attached hydrogen (secondary N) is 1. The van der Waals surface area contributed by atoms with Crippen molar-refractivity contribution in [2.75, 3.05) is 0 Å². The molecule has 0 aliphatic carbocycles. The summed E-state index contributed by atoms with van der Waals surface area (Å²) in [5.41, 5.74) is 0.109. The highest BCUT2D eigenvalue weighted by Gasteiger charge is 2.20. The minimum atomic E-state index is -1.14. The van der Waals surface area contributed by atoms with Gasteiger partial charge < -0.3 is 15.5 Å². The van der Waals surface area contributed by atoms with E-state index in [0.717, 1.165) is 0 Å². The average molecular weight is 265 g/mol. The molecular weight excluding hydrogens is 250 g/mol. The van der Waals surface area contributed by atoms with Crippen molar-refractivity contribution in [3.63, 3.8) is 0 Å². The Bertz CT molecular complexity index is 498. The quantitative estimate of drug-likeness (QED) is 0.720. The van der Waals surface area contributed by atoms with E-state index in [-0.39, 0.29) is 11.1 Å². The van der Waals surface area contributed by atoms with Crippen molar-refractivity contribution in [1.82, 2.24) is 5.32 Å². The van der Waals surface area contributed by atoms with E-state index in [4.69, 9.17) is 10.2 Å². The number of carbonyl (C=O) groups excluding carboxylic acids is 1. The van der Waals surface area contributed by atoms with E-state index in [1.165, 1.54) is 24.3 Å². The average Bonchev–Trinajstić information content (AvgIpc) is 2.38. The number of carbonyl (C=O) groups is 3. The lowest BCUT2D eigenvalue weighted by Crippen LogP contribution is -2.40. The van der Waals surface area contributed by atoms with Crippen LogP contribution in [-0.4, -0.2) is 34.1 Å². The van der Waals surface area contributed by atoms with E-state index >= 15 is 0 Å². The minimum Gasteiger partial charge on any atom is -0.480 e. The second-order valence-corrected chi connectivity index (χ2v) is 4.04. The lowest BCUT2D eigenvalue weighted by molar-refractivity contribution is -0.139. The Kier molecular flexibility index (Phi) is 5.05. The highest BCUT2D eigenvalue weighted by molar-refractivity contribution is 5.99. The van der Waals surface area contributed by atoms with Gasteiger partial charge in [0.25, 0.3) is 5.91 Å².